The second-order valence-electron chi connectivity index (χ2n) is 6.25. The van der Waals surface area contributed by atoms with Gasteiger partial charge in [-0.1, -0.05) is 13.3 Å². The molecule has 2 amide bonds. The molecule has 1 fully saturated rings. The second kappa shape index (κ2) is 10.7. The molecule has 1 aromatic carbocycles. The number of nitrogens with one attached hydrogen (secondary N) is 2. The minimum absolute atomic E-state index is 0.0305. The zero-order chi connectivity index (χ0) is 18.8. The molecule has 1 aromatic rings. The molecule has 0 aliphatic carbocycles. The molecule has 7 nitrogen and oxygen atoms in total. The molecule has 1 aliphatic heterocycles. The van der Waals surface area contributed by atoms with Crippen LogP contribution in [0.15, 0.2) is 24.3 Å². The van der Waals surface area contributed by atoms with E-state index in [0.717, 1.165) is 24.3 Å². The fraction of sp³-hybridized carbons (Fsp3) is 0.579. The first-order chi connectivity index (χ1) is 12.6. The van der Waals surface area contributed by atoms with E-state index >= 15 is 0 Å². The average Bonchev–Trinajstić information content (AvgIpc) is 2.63. The summed E-state index contributed by atoms with van der Waals surface area (Å²) < 4.78 is 10.9. The van der Waals surface area contributed by atoms with Crippen molar-refractivity contribution in [2.45, 2.75) is 39.2 Å². The van der Waals surface area contributed by atoms with Crippen LogP contribution in [0.5, 0.6) is 11.5 Å². The summed E-state index contributed by atoms with van der Waals surface area (Å²) in [4.78, 5) is 25.6. The molecule has 0 bridgehead atoms. The summed E-state index contributed by atoms with van der Waals surface area (Å²) in [6.45, 7) is 5.92. The summed E-state index contributed by atoms with van der Waals surface area (Å²) in [5, 5.41) is 6.08. The highest BCUT2D eigenvalue weighted by Crippen LogP contribution is 2.17. The number of ether oxygens (including phenoxy) is 2. The minimum Gasteiger partial charge on any atom is -0.494 e. The molecule has 1 saturated heterocycles. The zero-order valence-electron chi connectivity index (χ0n) is 15.6. The van der Waals surface area contributed by atoms with E-state index < -0.39 is 0 Å². The van der Waals surface area contributed by atoms with E-state index in [-0.39, 0.29) is 24.4 Å². The van der Waals surface area contributed by atoms with E-state index in [9.17, 15) is 9.59 Å². The Balaban J connectivity index is 1.62. The van der Waals surface area contributed by atoms with Gasteiger partial charge in [-0.15, -0.1) is 0 Å². The largest absolute Gasteiger partial charge is 0.494 e. The third-order valence-electron chi connectivity index (χ3n) is 4.14. The van der Waals surface area contributed by atoms with Crippen LogP contribution in [0.4, 0.5) is 0 Å². The first kappa shape index (κ1) is 20.0. The fourth-order valence-corrected chi connectivity index (χ4v) is 2.82. The van der Waals surface area contributed by atoms with E-state index in [1.54, 1.807) is 4.90 Å². The molecule has 2 rings (SSSR count). The molecule has 144 valence electrons. The van der Waals surface area contributed by atoms with Crippen LogP contribution in [0.3, 0.4) is 0 Å². The first-order valence-corrected chi connectivity index (χ1v) is 9.25. The van der Waals surface area contributed by atoms with E-state index in [1.807, 2.05) is 31.2 Å². The lowest BCUT2D eigenvalue weighted by Gasteiger charge is -2.32. The predicted molar refractivity (Wildman–Crippen MR) is 99.1 cm³/mol. The number of carbonyl (C=O) groups excluding carboxylic acids is 2. The normalized spacial score (nSPS) is 17.1. The Bertz CT molecular complexity index is 577. The van der Waals surface area contributed by atoms with Gasteiger partial charge in [-0.05, 0) is 37.6 Å². The number of hydrogen-bond acceptors (Lipinski definition) is 5. The summed E-state index contributed by atoms with van der Waals surface area (Å²) >= 11 is 0. The van der Waals surface area contributed by atoms with Crippen LogP contribution in [0.25, 0.3) is 0 Å². The third-order valence-corrected chi connectivity index (χ3v) is 4.14. The minimum atomic E-state index is -0.176. The Hall–Kier alpha value is -2.28. The topological polar surface area (TPSA) is 79.9 Å². The van der Waals surface area contributed by atoms with Crippen LogP contribution in [0, 0.1) is 0 Å². The molecule has 7 heteroatoms. The third kappa shape index (κ3) is 6.55. The summed E-state index contributed by atoms with van der Waals surface area (Å²) in [6, 6.07) is 7.58. The van der Waals surface area contributed by atoms with Gasteiger partial charge in [0.25, 0.3) is 0 Å². The molecule has 1 atom stereocenters. The molecule has 1 aliphatic rings. The quantitative estimate of drug-likeness (QED) is 0.616. The van der Waals surface area contributed by atoms with Gasteiger partial charge in [-0.2, -0.15) is 0 Å². The van der Waals surface area contributed by atoms with Crippen molar-refractivity contribution in [3.63, 3.8) is 0 Å². The first-order valence-electron chi connectivity index (χ1n) is 9.25. The van der Waals surface area contributed by atoms with Crippen molar-refractivity contribution < 1.29 is 19.1 Å². The van der Waals surface area contributed by atoms with Crippen LogP contribution in [0.1, 0.15) is 33.1 Å². The summed E-state index contributed by atoms with van der Waals surface area (Å²) in [5.74, 6) is 1.38. The Kier molecular flexibility index (Phi) is 8.21. The molecule has 2 N–H and O–H groups in total. The van der Waals surface area contributed by atoms with Gasteiger partial charge in [0.2, 0.25) is 11.8 Å². The highest BCUT2D eigenvalue weighted by Gasteiger charge is 2.25. The lowest BCUT2D eigenvalue weighted by molar-refractivity contribution is -0.139. The highest BCUT2D eigenvalue weighted by molar-refractivity contribution is 5.85. The molecule has 0 radical (unpaired) electrons. The van der Waals surface area contributed by atoms with Crippen LogP contribution >= 0.6 is 0 Å². The molecular formula is C19H29N3O4. The fourth-order valence-electron chi connectivity index (χ4n) is 2.82. The van der Waals surface area contributed by atoms with Crippen molar-refractivity contribution in [3.8, 4) is 11.5 Å². The molecule has 1 heterocycles. The van der Waals surface area contributed by atoms with Gasteiger partial charge < -0.3 is 19.7 Å². The summed E-state index contributed by atoms with van der Waals surface area (Å²) in [6.07, 6.45) is 2.48. The van der Waals surface area contributed by atoms with Crippen LogP contribution < -0.4 is 20.1 Å². The molecular weight excluding hydrogens is 334 g/mol. The average molecular weight is 363 g/mol. The van der Waals surface area contributed by atoms with Gasteiger partial charge in [0.15, 0.2) is 0 Å². The van der Waals surface area contributed by atoms with Crippen molar-refractivity contribution in [1.82, 2.24) is 15.5 Å². The monoisotopic (exact) mass is 363 g/mol. The predicted octanol–water partition coefficient (Wildman–Crippen LogP) is 1.53. The maximum Gasteiger partial charge on any atom is 0.239 e. The van der Waals surface area contributed by atoms with E-state index in [1.165, 1.54) is 0 Å². The Labute approximate surface area is 155 Å². The van der Waals surface area contributed by atoms with Crippen molar-refractivity contribution in [1.29, 1.82) is 0 Å². The van der Waals surface area contributed by atoms with Crippen molar-refractivity contribution in [2.24, 2.45) is 0 Å². The van der Waals surface area contributed by atoms with Crippen molar-refractivity contribution in [3.05, 3.63) is 24.3 Å². The lowest BCUT2D eigenvalue weighted by atomic mass is 10.1. The van der Waals surface area contributed by atoms with Gasteiger partial charge in [-0.3, -0.25) is 14.9 Å². The molecule has 0 aromatic heterocycles. The van der Waals surface area contributed by atoms with E-state index in [2.05, 4.69) is 17.6 Å². The maximum atomic E-state index is 12.1. The highest BCUT2D eigenvalue weighted by atomic mass is 16.5. The Morgan fingerprint density at radius 1 is 1.23 bits per heavy atom. The number of amides is 2. The van der Waals surface area contributed by atoms with Gasteiger partial charge in [-0.25, -0.2) is 0 Å². The van der Waals surface area contributed by atoms with Gasteiger partial charge in [0, 0.05) is 12.5 Å². The Morgan fingerprint density at radius 2 is 1.92 bits per heavy atom. The number of carbonyl (C=O) groups is 2. The molecule has 1 unspecified atom stereocenters. The van der Waals surface area contributed by atoms with E-state index in [4.69, 9.17) is 9.47 Å². The Morgan fingerprint density at radius 3 is 2.54 bits per heavy atom. The summed E-state index contributed by atoms with van der Waals surface area (Å²) in [7, 11) is 0. The van der Waals surface area contributed by atoms with Gasteiger partial charge >= 0.3 is 0 Å². The number of nitrogens with zero attached hydrogens (tertiary/aromatic N) is 1. The SMILES string of the molecule is CCCC1CC(=O)N(CC(=O)NCCOc2ccc(OCC)cc2)CN1. The van der Waals surface area contributed by atoms with Crippen LogP contribution in [-0.4, -0.2) is 55.7 Å². The maximum absolute atomic E-state index is 12.1. The van der Waals surface area contributed by atoms with Gasteiger partial charge in [0.1, 0.15) is 24.7 Å². The standard InChI is InChI=1S/C19H29N3O4/c1-3-5-15-12-19(24)22(14-21-15)13-18(23)20-10-11-26-17-8-6-16(7-9-17)25-4-2/h6-9,15,21H,3-5,10-14H2,1-2H3,(H,20,23). The van der Waals surface area contributed by atoms with Crippen LogP contribution in [-0.2, 0) is 9.59 Å². The smallest absolute Gasteiger partial charge is 0.239 e. The number of benzene rings is 1. The van der Waals surface area contributed by atoms with Crippen molar-refractivity contribution >= 4 is 11.8 Å². The van der Waals surface area contributed by atoms with E-state index in [0.29, 0.717) is 32.8 Å². The molecule has 0 spiro atoms. The van der Waals surface area contributed by atoms with Crippen molar-refractivity contribution in [2.75, 3.05) is 33.0 Å². The van der Waals surface area contributed by atoms with Crippen LogP contribution in [0.2, 0.25) is 0 Å². The summed E-state index contributed by atoms with van der Waals surface area (Å²) in [5.41, 5.74) is 0. The lowest BCUT2D eigenvalue weighted by Crippen LogP contribution is -2.53. The second-order valence-corrected chi connectivity index (χ2v) is 6.25. The van der Waals surface area contributed by atoms with Gasteiger partial charge in [0.05, 0.1) is 19.8 Å². The zero-order valence-corrected chi connectivity index (χ0v) is 15.6. The number of hydrogen-bond donors (Lipinski definition) is 2. The molecule has 26 heavy (non-hydrogen) atoms. The number of rotatable bonds is 10. The molecule has 0 saturated carbocycles.